The van der Waals surface area contributed by atoms with Gasteiger partial charge in [0.25, 0.3) is 0 Å². The number of carbonyl (C=O) groups is 1. The predicted octanol–water partition coefficient (Wildman–Crippen LogP) is 0.893. The molecule has 0 spiro atoms. The SMILES string of the molecule is O=Cc1c[nH]c2cnc(Br)nc2c1=O. The van der Waals surface area contributed by atoms with E-state index in [0.29, 0.717) is 16.5 Å². The van der Waals surface area contributed by atoms with Gasteiger partial charge in [0.05, 0.1) is 17.3 Å². The zero-order valence-electron chi connectivity index (χ0n) is 6.82. The van der Waals surface area contributed by atoms with Crippen LogP contribution in [0.3, 0.4) is 0 Å². The Morgan fingerprint density at radius 3 is 3.00 bits per heavy atom. The Labute approximate surface area is 86.3 Å². The number of nitrogens with one attached hydrogen (secondary N) is 1. The van der Waals surface area contributed by atoms with Crippen LogP contribution in [0.2, 0.25) is 0 Å². The lowest BCUT2D eigenvalue weighted by molar-refractivity contribution is 0.112. The standard InChI is InChI=1S/C8H4BrN3O2/c9-8-11-2-5-6(12-8)7(14)4(3-13)1-10-5/h1-3H,(H,10,14). The third-order valence-corrected chi connectivity index (χ3v) is 2.13. The molecule has 2 aromatic rings. The zero-order chi connectivity index (χ0) is 10.1. The highest BCUT2D eigenvalue weighted by Gasteiger charge is 2.05. The summed E-state index contributed by atoms with van der Waals surface area (Å²) in [5.74, 6) is 0. The van der Waals surface area contributed by atoms with Crippen molar-refractivity contribution in [1.29, 1.82) is 0 Å². The van der Waals surface area contributed by atoms with E-state index < -0.39 is 5.43 Å². The first-order chi connectivity index (χ1) is 6.72. The smallest absolute Gasteiger partial charge is 0.218 e. The number of halogens is 1. The molecule has 0 fully saturated rings. The number of carbonyl (C=O) groups excluding carboxylic acids is 1. The highest BCUT2D eigenvalue weighted by atomic mass is 79.9. The van der Waals surface area contributed by atoms with Gasteiger partial charge in [-0.1, -0.05) is 0 Å². The van der Waals surface area contributed by atoms with Crippen LogP contribution >= 0.6 is 15.9 Å². The summed E-state index contributed by atoms with van der Waals surface area (Å²) in [4.78, 5) is 32.5. The van der Waals surface area contributed by atoms with Gasteiger partial charge in [-0.05, 0) is 15.9 Å². The van der Waals surface area contributed by atoms with Gasteiger partial charge in [-0.25, -0.2) is 9.97 Å². The number of hydrogen-bond acceptors (Lipinski definition) is 4. The molecule has 0 aromatic carbocycles. The second kappa shape index (κ2) is 3.30. The molecule has 5 nitrogen and oxygen atoms in total. The summed E-state index contributed by atoms with van der Waals surface area (Å²) in [5, 5.41) is 0. The molecule has 0 aliphatic heterocycles. The molecule has 0 saturated heterocycles. The van der Waals surface area contributed by atoms with E-state index in [0.717, 1.165) is 0 Å². The van der Waals surface area contributed by atoms with E-state index in [-0.39, 0.29) is 11.1 Å². The van der Waals surface area contributed by atoms with Crippen LogP contribution < -0.4 is 5.43 Å². The Balaban J connectivity index is 2.93. The average Bonchev–Trinajstić information content (AvgIpc) is 2.20. The van der Waals surface area contributed by atoms with E-state index in [9.17, 15) is 9.59 Å². The van der Waals surface area contributed by atoms with Gasteiger partial charge in [0.2, 0.25) is 5.43 Å². The molecular formula is C8H4BrN3O2. The minimum Gasteiger partial charge on any atom is -0.358 e. The molecule has 6 heteroatoms. The minimum absolute atomic E-state index is 0.0584. The van der Waals surface area contributed by atoms with E-state index in [1.807, 2.05) is 0 Å². The number of aldehydes is 1. The van der Waals surface area contributed by atoms with Crippen LogP contribution in [0.15, 0.2) is 21.9 Å². The van der Waals surface area contributed by atoms with Crippen molar-refractivity contribution in [2.24, 2.45) is 0 Å². The number of hydrogen-bond donors (Lipinski definition) is 1. The van der Waals surface area contributed by atoms with Crippen molar-refractivity contribution in [2.75, 3.05) is 0 Å². The Kier molecular flexibility index (Phi) is 2.12. The summed E-state index contributed by atoms with van der Waals surface area (Å²) < 4.78 is 0.318. The molecule has 2 aromatic heterocycles. The van der Waals surface area contributed by atoms with Crippen LogP contribution in [0.5, 0.6) is 0 Å². The Bertz CT molecular complexity index is 564. The largest absolute Gasteiger partial charge is 0.358 e. The summed E-state index contributed by atoms with van der Waals surface area (Å²) in [7, 11) is 0. The molecule has 0 saturated carbocycles. The molecule has 2 heterocycles. The van der Waals surface area contributed by atoms with Crippen LogP contribution in [0.1, 0.15) is 10.4 Å². The van der Waals surface area contributed by atoms with Crippen molar-refractivity contribution in [2.45, 2.75) is 0 Å². The van der Waals surface area contributed by atoms with Gasteiger partial charge in [0.15, 0.2) is 11.0 Å². The van der Waals surface area contributed by atoms with Gasteiger partial charge in [0.1, 0.15) is 5.52 Å². The molecule has 0 radical (unpaired) electrons. The maximum atomic E-state index is 11.5. The van der Waals surface area contributed by atoms with Crippen LogP contribution in [-0.2, 0) is 0 Å². The predicted molar refractivity (Wildman–Crippen MR) is 53.2 cm³/mol. The normalized spacial score (nSPS) is 10.4. The van der Waals surface area contributed by atoms with Gasteiger partial charge < -0.3 is 4.98 Å². The average molecular weight is 254 g/mol. The van der Waals surface area contributed by atoms with Crippen molar-refractivity contribution in [3.8, 4) is 0 Å². The molecule has 2 rings (SSSR count). The van der Waals surface area contributed by atoms with Crippen LogP contribution in [0, 0.1) is 0 Å². The number of pyridine rings is 1. The lowest BCUT2D eigenvalue weighted by atomic mass is 10.2. The van der Waals surface area contributed by atoms with E-state index in [2.05, 4.69) is 30.9 Å². The van der Waals surface area contributed by atoms with Crippen LogP contribution in [0.25, 0.3) is 11.0 Å². The Morgan fingerprint density at radius 2 is 2.29 bits per heavy atom. The van der Waals surface area contributed by atoms with Crippen molar-refractivity contribution in [1.82, 2.24) is 15.0 Å². The van der Waals surface area contributed by atoms with Gasteiger partial charge in [0, 0.05) is 6.20 Å². The number of aromatic nitrogens is 3. The first-order valence-corrected chi connectivity index (χ1v) is 4.51. The monoisotopic (exact) mass is 253 g/mol. The van der Waals surface area contributed by atoms with Crippen molar-refractivity contribution in [3.05, 3.63) is 32.9 Å². The van der Waals surface area contributed by atoms with Gasteiger partial charge in [-0.2, -0.15) is 0 Å². The van der Waals surface area contributed by atoms with E-state index in [1.54, 1.807) is 0 Å². The molecular weight excluding hydrogens is 250 g/mol. The molecule has 14 heavy (non-hydrogen) atoms. The summed E-state index contributed by atoms with van der Waals surface area (Å²) in [5.41, 5.74) is 0.375. The molecule has 0 amide bonds. The number of fused-ring (bicyclic) bond motifs is 1. The maximum absolute atomic E-state index is 11.5. The van der Waals surface area contributed by atoms with Crippen LogP contribution in [0.4, 0.5) is 0 Å². The van der Waals surface area contributed by atoms with Crippen LogP contribution in [-0.4, -0.2) is 21.2 Å². The fourth-order valence-corrected chi connectivity index (χ4v) is 1.36. The molecule has 1 N–H and O–H groups in total. The van der Waals surface area contributed by atoms with E-state index >= 15 is 0 Å². The lowest BCUT2D eigenvalue weighted by Gasteiger charge is -1.96. The van der Waals surface area contributed by atoms with Gasteiger partial charge >= 0.3 is 0 Å². The Morgan fingerprint density at radius 1 is 1.50 bits per heavy atom. The first-order valence-electron chi connectivity index (χ1n) is 3.71. The number of aromatic amines is 1. The Hall–Kier alpha value is -1.56. The van der Waals surface area contributed by atoms with Crippen molar-refractivity contribution < 1.29 is 4.79 Å². The zero-order valence-corrected chi connectivity index (χ0v) is 8.41. The topological polar surface area (TPSA) is 75.7 Å². The van der Waals surface area contributed by atoms with Crippen molar-refractivity contribution in [3.63, 3.8) is 0 Å². The molecule has 0 unspecified atom stereocenters. The third kappa shape index (κ3) is 1.33. The highest BCUT2D eigenvalue weighted by Crippen LogP contribution is 2.07. The minimum atomic E-state index is -0.392. The first kappa shape index (κ1) is 9.01. The van der Waals surface area contributed by atoms with Crippen molar-refractivity contribution >= 4 is 33.2 Å². The molecule has 0 aliphatic carbocycles. The van der Waals surface area contributed by atoms with Gasteiger partial charge in [-0.3, -0.25) is 9.59 Å². The third-order valence-electron chi connectivity index (χ3n) is 1.75. The second-order valence-corrected chi connectivity index (χ2v) is 3.30. The fourth-order valence-electron chi connectivity index (χ4n) is 1.08. The molecule has 0 aliphatic rings. The molecule has 0 bridgehead atoms. The number of nitrogens with zero attached hydrogens (tertiary/aromatic N) is 2. The molecule has 70 valence electrons. The summed E-state index contributed by atoms with van der Waals surface area (Å²) in [6, 6.07) is 0. The summed E-state index contributed by atoms with van der Waals surface area (Å²) >= 11 is 3.05. The van der Waals surface area contributed by atoms with E-state index in [4.69, 9.17) is 0 Å². The quantitative estimate of drug-likeness (QED) is 0.605. The maximum Gasteiger partial charge on any atom is 0.218 e. The summed E-state index contributed by atoms with van der Waals surface area (Å²) in [6.07, 6.45) is 3.31. The van der Waals surface area contributed by atoms with E-state index in [1.165, 1.54) is 12.4 Å². The fraction of sp³-hybridized carbons (Fsp3) is 0. The second-order valence-electron chi connectivity index (χ2n) is 2.59. The number of H-pyrrole nitrogens is 1. The lowest BCUT2D eigenvalue weighted by Crippen LogP contribution is -2.11. The highest BCUT2D eigenvalue weighted by molar-refractivity contribution is 9.10. The van der Waals surface area contributed by atoms with Gasteiger partial charge in [-0.15, -0.1) is 0 Å². The number of rotatable bonds is 1. The summed E-state index contributed by atoms with van der Waals surface area (Å²) in [6.45, 7) is 0. The molecule has 0 atom stereocenters.